The molecule has 2 aliphatic heterocycles. The van der Waals surface area contributed by atoms with E-state index in [1.54, 1.807) is 0 Å². The second kappa shape index (κ2) is 3.37. The molecule has 2 fully saturated rings. The van der Waals surface area contributed by atoms with E-state index in [2.05, 4.69) is 38.3 Å². The van der Waals surface area contributed by atoms with Gasteiger partial charge in [-0.15, -0.1) is 0 Å². The summed E-state index contributed by atoms with van der Waals surface area (Å²) >= 11 is 3.59. The van der Waals surface area contributed by atoms with Crippen LogP contribution in [0.1, 0.15) is 19.3 Å². The Hall–Kier alpha value is -0.770. The third kappa shape index (κ3) is 1.34. The van der Waals surface area contributed by atoms with Crippen LogP contribution >= 0.6 is 15.9 Å². The molecule has 80 valence electrons. The van der Waals surface area contributed by atoms with Crippen molar-refractivity contribution in [3.63, 3.8) is 0 Å². The molecule has 3 nitrogen and oxygen atoms in total. The lowest BCUT2D eigenvalue weighted by Gasteiger charge is -2.40. The average molecular weight is 269 g/mol. The van der Waals surface area contributed by atoms with Crippen LogP contribution in [0.25, 0.3) is 0 Å². The Morgan fingerprint density at radius 1 is 1.53 bits per heavy atom. The number of hydrogen-bond donors (Lipinski definition) is 1. The Balaban J connectivity index is 2.03. The predicted octanol–water partition coefficient (Wildman–Crippen LogP) is 1.52. The molecule has 0 spiro atoms. The number of nitrogens with zero attached hydrogens (tertiary/aromatic N) is 1. The van der Waals surface area contributed by atoms with E-state index in [1.165, 1.54) is 5.70 Å². The standard InChI is InChI=1S/C11H13BrN2O/c12-7-3-1-4-8-10(7)14-6-2-5-9(14)11(15)13-8/h1,3,8-9H,2,4-6H2,(H,13,15)/t8-,9+/m1/s1. The van der Waals surface area contributed by atoms with Crippen LogP contribution in [0.15, 0.2) is 22.3 Å². The van der Waals surface area contributed by atoms with Gasteiger partial charge in [0.2, 0.25) is 5.91 Å². The fraction of sp³-hybridized carbons (Fsp3) is 0.545. The molecule has 1 N–H and O–H groups in total. The zero-order chi connectivity index (χ0) is 10.4. The van der Waals surface area contributed by atoms with Crippen molar-refractivity contribution in [1.29, 1.82) is 0 Å². The number of halogens is 1. The monoisotopic (exact) mass is 268 g/mol. The van der Waals surface area contributed by atoms with Gasteiger partial charge in [-0.25, -0.2) is 0 Å². The zero-order valence-electron chi connectivity index (χ0n) is 8.37. The highest BCUT2D eigenvalue weighted by Crippen LogP contribution is 2.35. The number of carbonyl (C=O) groups is 1. The number of fused-ring (bicyclic) bond motifs is 3. The first-order valence-corrected chi connectivity index (χ1v) is 6.20. The third-order valence-electron chi connectivity index (χ3n) is 3.39. The van der Waals surface area contributed by atoms with Gasteiger partial charge in [0.25, 0.3) is 0 Å². The lowest BCUT2D eigenvalue weighted by atomic mass is 9.99. The van der Waals surface area contributed by atoms with E-state index in [-0.39, 0.29) is 18.0 Å². The van der Waals surface area contributed by atoms with Gasteiger partial charge in [-0.2, -0.15) is 0 Å². The van der Waals surface area contributed by atoms with Gasteiger partial charge in [0.15, 0.2) is 0 Å². The van der Waals surface area contributed by atoms with Crippen molar-refractivity contribution < 1.29 is 4.79 Å². The molecule has 1 aliphatic carbocycles. The molecule has 2 saturated heterocycles. The van der Waals surface area contributed by atoms with Crippen LogP contribution in [0.5, 0.6) is 0 Å². The van der Waals surface area contributed by atoms with Crippen LogP contribution in [0.2, 0.25) is 0 Å². The number of amides is 1. The molecule has 0 radical (unpaired) electrons. The molecule has 3 rings (SSSR count). The van der Waals surface area contributed by atoms with E-state index >= 15 is 0 Å². The summed E-state index contributed by atoms with van der Waals surface area (Å²) in [6, 6.07) is 0.265. The van der Waals surface area contributed by atoms with Gasteiger partial charge in [-0.05, 0) is 35.2 Å². The van der Waals surface area contributed by atoms with Gasteiger partial charge in [-0.3, -0.25) is 4.79 Å². The van der Waals surface area contributed by atoms with Crippen LogP contribution in [0.3, 0.4) is 0 Å². The highest BCUT2D eigenvalue weighted by molar-refractivity contribution is 9.11. The molecule has 0 aromatic heterocycles. The molecule has 0 bridgehead atoms. The van der Waals surface area contributed by atoms with Crippen LogP contribution in [-0.2, 0) is 4.79 Å². The Labute approximate surface area is 97.3 Å². The van der Waals surface area contributed by atoms with Crippen molar-refractivity contribution in [2.45, 2.75) is 31.3 Å². The second-order valence-corrected chi connectivity index (χ2v) is 5.14. The number of rotatable bonds is 0. The Bertz CT molecular complexity index is 375. The maximum absolute atomic E-state index is 11.8. The first-order chi connectivity index (χ1) is 7.27. The molecule has 2 heterocycles. The Kier molecular flexibility index (Phi) is 2.12. The lowest BCUT2D eigenvalue weighted by Crippen LogP contribution is -2.56. The normalized spacial score (nSPS) is 33.9. The summed E-state index contributed by atoms with van der Waals surface area (Å²) in [7, 11) is 0. The number of piperazine rings is 1. The second-order valence-electron chi connectivity index (χ2n) is 4.28. The molecule has 0 aromatic rings. The van der Waals surface area contributed by atoms with Gasteiger partial charge in [-0.1, -0.05) is 12.2 Å². The first kappa shape index (κ1) is 9.46. The van der Waals surface area contributed by atoms with Crippen LogP contribution < -0.4 is 5.32 Å². The van der Waals surface area contributed by atoms with Crippen molar-refractivity contribution >= 4 is 21.8 Å². The predicted molar refractivity (Wildman–Crippen MR) is 61.4 cm³/mol. The van der Waals surface area contributed by atoms with E-state index in [1.807, 2.05) is 0 Å². The minimum atomic E-state index is 0.0790. The number of allylic oxidation sites excluding steroid dienone is 2. The molecule has 4 heteroatoms. The SMILES string of the molecule is O=C1N[C@@H]2CC=CC(Br)=C2N2CCC[C@@H]12. The molecule has 3 aliphatic rings. The van der Waals surface area contributed by atoms with Gasteiger partial charge in [0.05, 0.1) is 11.7 Å². The van der Waals surface area contributed by atoms with Crippen molar-refractivity contribution in [3.05, 3.63) is 22.3 Å². The number of nitrogens with one attached hydrogen (secondary N) is 1. The van der Waals surface area contributed by atoms with Crippen molar-refractivity contribution in [1.82, 2.24) is 10.2 Å². The minimum absolute atomic E-state index is 0.0790. The molecule has 15 heavy (non-hydrogen) atoms. The summed E-state index contributed by atoms with van der Waals surface area (Å²) in [5.41, 5.74) is 1.28. The van der Waals surface area contributed by atoms with Crippen LogP contribution in [-0.4, -0.2) is 29.4 Å². The van der Waals surface area contributed by atoms with E-state index in [4.69, 9.17) is 0 Å². The van der Waals surface area contributed by atoms with E-state index in [0.717, 1.165) is 30.3 Å². The fourth-order valence-electron chi connectivity index (χ4n) is 2.73. The van der Waals surface area contributed by atoms with E-state index in [9.17, 15) is 4.79 Å². The maximum Gasteiger partial charge on any atom is 0.243 e. The smallest absolute Gasteiger partial charge is 0.243 e. The molecular formula is C11H13BrN2O. The molecular weight excluding hydrogens is 256 g/mol. The highest BCUT2D eigenvalue weighted by atomic mass is 79.9. The summed E-state index contributed by atoms with van der Waals surface area (Å²) in [4.78, 5) is 14.1. The van der Waals surface area contributed by atoms with Gasteiger partial charge < -0.3 is 10.2 Å². The summed E-state index contributed by atoms with van der Waals surface area (Å²) in [5.74, 6) is 0.205. The molecule has 0 saturated carbocycles. The topological polar surface area (TPSA) is 32.3 Å². The minimum Gasteiger partial charge on any atom is -0.360 e. The Morgan fingerprint density at radius 2 is 2.40 bits per heavy atom. The van der Waals surface area contributed by atoms with Gasteiger partial charge in [0, 0.05) is 11.0 Å². The van der Waals surface area contributed by atoms with Crippen molar-refractivity contribution in [2.24, 2.45) is 0 Å². The average Bonchev–Trinajstić information content (AvgIpc) is 2.66. The third-order valence-corrected chi connectivity index (χ3v) is 4.06. The lowest BCUT2D eigenvalue weighted by molar-refractivity contribution is -0.127. The maximum atomic E-state index is 11.8. The quantitative estimate of drug-likeness (QED) is 0.723. The van der Waals surface area contributed by atoms with Gasteiger partial charge >= 0.3 is 0 Å². The number of hydrogen-bond acceptors (Lipinski definition) is 2. The van der Waals surface area contributed by atoms with E-state index < -0.39 is 0 Å². The summed E-state index contributed by atoms with van der Waals surface area (Å²) in [6.45, 7) is 1.02. The number of carbonyl (C=O) groups excluding carboxylic acids is 1. The molecule has 0 unspecified atom stereocenters. The molecule has 2 atom stereocenters. The summed E-state index contributed by atoms with van der Waals surface area (Å²) in [6.07, 6.45) is 7.23. The Morgan fingerprint density at radius 3 is 3.27 bits per heavy atom. The van der Waals surface area contributed by atoms with E-state index in [0.29, 0.717) is 0 Å². The zero-order valence-corrected chi connectivity index (χ0v) is 9.96. The molecule has 1 amide bonds. The van der Waals surface area contributed by atoms with Crippen molar-refractivity contribution in [3.8, 4) is 0 Å². The first-order valence-electron chi connectivity index (χ1n) is 5.40. The van der Waals surface area contributed by atoms with Crippen LogP contribution in [0.4, 0.5) is 0 Å². The molecule has 0 aromatic carbocycles. The summed E-state index contributed by atoms with van der Waals surface area (Å²) in [5, 5.41) is 3.10. The van der Waals surface area contributed by atoms with Crippen LogP contribution in [0, 0.1) is 0 Å². The highest BCUT2D eigenvalue weighted by Gasteiger charge is 2.41. The van der Waals surface area contributed by atoms with Gasteiger partial charge in [0.1, 0.15) is 6.04 Å². The van der Waals surface area contributed by atoms with Crippen molar-refractivity contribution in [2.75, 3.05) is 6.54 Å². The largest absolute Gasteiger partial charge is 0.360 e. The fourth-order valence-corrected chi connectivity index (χ4v) is 3.42. The summed E-state index contributed by atoms with van der Waals surface area (Å²) < 4.78 is 1.13.